The molecule has 1 aromatic rings. The Balaban J connectivity index is 2.33. The van der Waals surface area contributed by atoms with Gasteiger partial charge in [-0.15, -0.1) is 11.3 Å². The number of nitrogens with zero attached hydrogens (tertiary/aromatic N) is 1. The second kappa shape index (κ2) is 6.60. The number of hydrogen-bond acceptors (Lipinski definition) is 3. The summed E-state index contributed by atoms with van der Waals surface area (Å²) >= 11 is 1.64. The van der Waals surface area contributed by atoms with Crippen molar-refractivity contribution >= 4 is 23.2 Å². The van der Waals surface area contributed by atoms with Crippen molar-refractivity contribution in [3.05, 3.63) is 22.4 Å². The lowest BCUT2D eigenvalue weighted by Crippen LogP contribution is -2.64. The van der Waals surface area contributed by atoms with E-state index in [1.807, 2.05) is 38.3 Å². The van der Waals surface area contributed by atoms with Gasteiger partial charge >= 0.3 is 0 Å². The SMILES string of the molecule is CCC(C)C1NC(=O)C(C)N(C(CC)c2cccs2)C1=O. The Morgan fingerprint density at radius 2 is 2.05 bits per heavy atom. The minimum atomic E-state index is -0.412. The maximum Gasteiger partial charge on any atom is 0.246 e. The Kier molecular flexibility index (Phi) is 5.04. The summed E-state index contributed by atoms with van der Waals surface area (Å²) in [5.74, 6) is 0.156. The summed E-state index contributed by atoms with van der Waals surface area (Å²) in [7, 11) is 0. The van der Waals surface area contributed by atoms with Gasteiger partial charge in [-0.05, 0) is 30.7 Å². The minimum absolute atomic E-state index is 0.00916. The van der Waals surface area contributed by atoms with Gasteiger partial charge in [0, 0.05) is 4.88 Å². The lowest BCUT2D eigenvalue weighted by molar-refractivity contribution is -0.153. The van der Waals surface area contributed by atoms with Gasteiger partial charge in [-0.2, -0.15) is 0 Å². The molecule has 0 saturated carbocycles. The van der Waals surface area contributed by atoms with Crippen LogP contribution in [0.25, 0.3) is 0 Å². The highest BCUT2D eigenvalue weighted by Gasteiger charge is 2.43. The number of nitrogens with one attached hydrogen (secondary N) is 1. The van der Waals surface area contributed by atoms with Gasteiger partial charge in [0.15, 0.2) is 0 Å². The number of rotatable bonds is 5. The number of piperazine rings is 1. The van der Waals surface area contributed by atoms with Crippen LogP contribution in [0.4, 0.5) is 0 Å². The van der Waals surface area contributed by atoms with Crippen molar-refractivity contribution in [1.82, 2.24) is 10.2 Å². The third-order valence-corrected chi connectivity index (χ3v) is 5.40. The van der Waals surface area contributed by atoms with E-state index >= 15 is 0 Å². The normalized spacial score (nSPS) is 25.6. The van der Waals surface area contributed by atoms with Crippen molar-refractivity contribution in [1.29, 1.82) is 0 Å². The first-order chi connectivity index (χ1) is 10.0. The van der Waals surface area contributed by atoms with Crippen LogP contribution in [0.3, 0.4) is 0 Å². The first kappa shape index (κ1) is 16.0. The molecule has 2 rings (SSSR count). The van der Waals surface area contributed by atoms with Crippen LogP contribution >= 0.6 is 11.3 Å². The van der Waals surface area contributed by atoms with Gasteiger partial charge in [0.05, 0.1) is 6.04 Å². The van der Waals surface area contributed by atoms with Crippen LogP contribution < -0.4 is 5.32 Å². The molecule has 1 fully saturated rings. The maximum atomic E-state index is 12.9. The number of thiophene rings is 1. The van der Waals surface area contributed by atoms with E-state index in [4.69, 9.17) is 0 Å². The van der Waals surface area contributed by atoms with Crippen LogP contribution in [0.5, 0.6) is 0 Å². The van der Waals surface area contributed by atoms with Crippen LogP contribution in [0.1, 0.15) is 51.5 Å². The molecule has 116 valence electrons. The van der Waals surface area contributed by atoms with Gasteiger partial charge in [-0.3, -0.25) is 9.59 Å². The molecule has 1 N–H and O–H groups in total. The van der Waals surface area contributed by atoms with Gasteiger partial charge in [-0.25, -0.2) is 0 Å². The molecule has 4 atom stereocenters. The van der Waals surface area contributed by atoms with Crippen LogP contribution in [-0.4, -0.2) is 28.8 Å². The van der Waals surface area contributed by atoms with Gasteiger partial charge < -0.3 is 10.2 Å². The van der Waals surface area contributed by atoms with Crippen molar-refractivity contribution in [3.63, 3.8) is 0 Å². The highest BCUT2D eigenvalue weighted by Crippen LogP contribution is 2.32. The smallest absolute Gasteiger partial charge is 0.246 e. The predicted molar refractivity (Wildman–Crippen MR) is 85.0 cm³/mol. The van der Waals surface area contributed by atoms with E-state index in [0.717, 1.165) is 17.7 Å². The van der Waals surface area contributed by atoms with Crippen molar-refractivity contribution in [2.45, 2.75) is 58.7 Å². The fourth-order valence-corrected chi connectivity index (χ4v) is 3.78. The molecule has 1 aliphatic heterocycles. The standard InChI is InChI=1S/C16H24N2O2S/c1-5-10(3)14-16(20)18(11(4)15(19)17-14)12(6-2)13-8-7-9-21-13/h7-12,14H,5-6H2,1-4H3,(H,17,19). The lowest BCUT2D eigenvalue weighted by Gasteiger charge is -2.43. The van der Waals surface area contributed by atoms with Crippen LogP contribution in [0.2, 0.25) is 0 Å². The molecule has 5 heteroatoms. The molecule has 0 aromatic carbocycles. The van der Waals surface area contributed by atoms with E-state index in [2.05, 4.69) is 12.2 Å². The van der Waals surface area contributed by atoms with E-state index in [9.17, 15) is 9.59 Å². The lowest BCUT2D eigenvalue weighted by atomic mass is 9.93. The molecule has 2 amide bonds. The van der Waals surface area contributed by atoms with Gasteiger partial charge in [-0.1, -0.05) is 33.3 Å². The van der Waals surface area contributed by atoms with Crippen molar-refractivity contribution in [2.75, 3.05) is 0 Å². The quantitative estimate of drug-likeness (QED) is 0.909. The second-order valence-corrected chi connectivity index (χ2v) is 6.71. The van der Waals surface area contributed by atoms with E-state index in [-0.39, 0.29) is 23.8 Å². The molecule has 0 radical (unpaired) electrons. The Morgan fingerprint density at radius 3 is 2.57 bits per heavy atom. The first-order valence-corrected chi connectivity index (χ1v) is 8.55. The largest absolute Gasteiger partial charge is 0.342 e. The molecule has 0 aliphatic carbocycles. The highest BCUT2D eigenvalue weighted by molar-refractivity contribution is 7.10. The van der Waals surface area contributed by atoms with Gasteiger partial charge in [0.25, 0.3) is 0 Å². The topological polar surface area (TPSA) is 49.4 Å². The number of amides is 2. The van der Waals surface area contributed by atoms with Crippen LogP contribution in [0.15, 0.2) is 17.5 Å². The predicted octanol–water partition coefficient (Wildman–Crippen LogP) is 2.96. The number of hydrogen-bond donors (Lipinski definition) is 1. The Bertz CT molecular complexity index is 500. The van der Waals surface area contributed by atoms with E-state index < -0.39 is 12.1 Å². The fourth-order valence-electron chi connectivity index (χ4n) is 2.87. The molecule has 1 saturated heterocycles. The van der Waals surface area contributed by atoms with Crippen LogP contribution in [-0.2, 0) is 9.59 Å². The zero-order chi connectivity index (χ0) is 15.6. The van der Waals surface area contributed by atoms with Gasteiger partial charge in [0.2, 0.25) is 11.8 Å². The second-order valence-electron chi connectivity index (χ2n) is 5.73. The third-order valence-electron chi connectivity index (χ3n) is 4.42. The molecule has 4 unspecified atom stereocenters. The summed E-state index contributed by atoms with van der Waals surface area (Å²) in [5.41, 5.74) is 0. The van der Waals surface area contributed by atoms with Gasteiger partial charge in [0.1, 0.15) is 12.1 Å². The zero-order valence-electron chi connectivity index (χ0n) is 13.1. The minimum Gasteiger partial charge on any atom is -0.342 e. The zero-order valence-corrected chi connectivity index (χ0v) is 13.9. The summed E-state index contributed by atoms with van der Waals surface area (Å²) in [6.07, 6.45) is 1.69. The molecule has 21 heavy (non-hydrogen) atoms. The monoisotopic (exact) mass is 308 g/mol. The highest BCUT2D eigenvalue weighted by atomic mass is 32.1. The Hall–Kier alpha value is -1.36. The average Bonchev–Trinajstić information content (AvgIpc) is 3.00. The molecule has 1 aromatic heterocycles. The van der Waals surface area contributed by atoms with E-state index in [1.54, 1.807) is 16.2 Å². The molecule has 1 aliphatic rings. The molecule has 2 heterocycles. The molecule has 0 bridgehead atoms. The average molecular weight is 308 g/mol. The summed E-state index contributed by atoms with van der Waals surface area (Å²) in [5, 5.41) is 4.91. The Morgan fingerprint density at radius 1 is 1.33 bits per heavy atom. The molecule has 0 spiro atoms. The summed E-state index contributed by atoms with van der Waals surface area (Å²) in [6, 6.07) is 3.22. The number of carbonyl (C=O) groups is 2. The van der Waals surface area contributed by atoms with Crippen molar-refractivity contribution in [2.24, 2.45) is 5.92 Å². The summed E-state index contributed by atoms with van der Waals surface area (Å²) in [6.45, 7) is 7.94. The number of carbonyl (C=O) groups excluding carboxylic acids is 2. The van der Waals surface area contributed by atoms with Crippen molar-refractivity contribution < 1.29 is 9.59 Å². The summed E-state index contributed by atoms with van der Waals surface area (Å²) in [4.78, 5) is 28.1. The van der Waals surface area contributed by atoms with Crippen molar-refractivity contribution in [3.8, 4) is 0 Å². The Labute approximate surface area is 130 Å². The van der Waals surface area contributed by atoms with E-state index in [1.165, 1.54) is 0 Å². The maximum absolute atomic E-state index is 12.9. The fraction of sp³-hybridized carbons (Fsp3) is 0.625. The molecule has 4 nitrogen and oxygen atoms in total. The van der Waals surface area contributed by atoms with Crippen LogP contribution in [0, 0.1) is 5.92 Å². The first-order valence-electron chi connectivity index (χ1n) is 7.67. The third kappa shape index (κ3) is 2.98. The molecular formula is C16H24N2O2S. The van der Waals surface area contributed by atoms with E-state index in [0.29, 0.717) is 0 Å². The summed E-state index contributed by atoms with van der Waals surface area (Å²) < 4.78 is 0. The molecular weight excluding hydrogens is 284 g/mol.